The summed E-state index contributed by atoms with van der Waals surface area (Å²) in [4.78, 5) is 125. The number of Topliss-reactive ketones (excluding diaryl/α,β-unsaturated/α-hetero) is 2. The fraction of sp³-hybridized carbons (Fsp3) is 0.615. The van der Waals surface area contributed by atoms with E-state index in [1.165, 1.54) is 11.0 Å². The number of amides is 7. The van der Waals surface area contributed by atoms with Crippen LogP contribution in [-0.4, -0.2) is 98.8 Å². The van der Waals surface area contributed by atoms with Gasteiger partial charge in [-0.15, -0.1) is 0 Å². The van der Waals surface area contributed by atoms with Crippen LogP contribution < -0.4 is 4.90 Å². The van der Waals surface area contributed by atoms with E-state index in [0.29, 0.717) is 39.1 Å². The Morgan fingerprint density at radius 2 is 0.985 bits per heavy atom. The maximum absolute atomic E-state index is 13.3. The summed E-state index contributed by atoms with van der Waals surface area (Å²) in [5.41, 5.74) is 0.268. The summed E-state index contributed by atoms with van der Waals surface area (Å²) in [6.07, 6.45) is 1.37. The number of pyridine rings is 1. The topological polar surface area (TPSA) is 179 Å². The number of aromatic nitrogens is 1. The third-order valence-corrected chi connectivity index (χ3v) is 11.7. The van der Waals surface area contributed by atoms with E-state index >= 15 is 0 Å². The van der Waals surface area contributed by atoms with E-state index in [1.54, 1.807) is 46.8 Å². The molecule has 14 heteroatoms. The number of hydrogen-bond donors (Lipinski definition) is 0. The van der Waals surface area contributed by atoms with Crippen LogP contribution in [0, 0.1) is 27.1 Å². The maximum Gasteiger partial charge on any atom is 0.263 e. The summed E-state index contributed by atoms with van der Waals surface area (Å²) < 4.78 is 0. The van der Waals surface area contributed by atoms with Crippen LogP contribution in [-0.2, 0) is 43.8 Å². The minimum absolute atomic E-state index is 0.0273. The molecular formula is C52H75N5O9. The molecule has 3 aliphatic heterocycles. The van der Waals surface area contributed by atoms with Crippen molar-refractivity contribution in [2.75, 3.05) is 31.1 Å². The first-order chi connectivity index (χ1) is 29.6. The van der Waals surface area contributed by atoms with Gasteiger partial charge in [0.05, 0.1) is 0 Å². The summed E-state index contributed by atoms with van der Waals surface area (Å²) in [5.74, 6) is -2.57. The van der Waals surface area contributed by atoms with Gasteiger partial charge in [-0.25, -0.2) is 9.88 Å². The molecule has 0 fully saturated rings. The van der Waals surface area contributed by atoms with E-state index in [4.69, 9.17) is 0 Å². The van der Waals surface area contributed by atoms with Crippen LogP contribution in [0.5, 0.6) is 0 Å². The zero-order valence-electron chi connectivity index (χ0n) is 43.4. The smallest absolute Gasteiger partial charge is 0.263 e. The maximum atomic E-state index is 13.3. The van der Waals surface area contributed by atoms with Gasteiger partial charge in [0.15, 0.2) is 5.78 Å². The van der Waals surface area contributed by atoms with Crippen molar-refractivity contribution in [2.45, 2.75) is 157 Å². The van der Waals surface area contributed by atoms with Crippen LogP contribution in [0.2, 0.25) is 0 Å². The summed E-state index contributed by atoms with van der Waals surface area (Å²) in [7, 11) is 0. The Morgan fingerprint density at radius 3 is 1.32 bits per heavy atom. The Morgan fingerprint density at radius 1 is 0.545 bits per heavy atom. The van der Waals surface area contributed by atoms with E-state index in [9.17, 15) is 43.2 Å². The molecule has 1 aromatic rings. The largest absolute Gasteiger partial charge is 0.339 e. The highest BCUT2D eigenvalue weighted by Gasteiger charge is 2.44. The Bertz CT molecular complexity index is 2250. The van der Waals surface area contributed by atoms with Crippen molar-refractivity contribution in [2.24, 2.45) is 27.1 Å². The predicted octanol–water partition coefficient (Wildman–Crippen LogP) is 8.13. The van der Waals surface area contributed by atoms with Gasteiger partial charge < -0.3 is 4.90 Å². The predicted molar refractivity (Wildman–Crippen MR) is 255 cm³/mol. The molecule has 1 aromatic heterocycles. The van der Waals surface area contributed by atoms with Crippen molar-refractivity contribution in [1.82, 2.24) is 19.7 Å². The molecule has 0 unspecified atom stereocenters. The molecule has 66 heavy (non-hydrogen) atoms. The van der Waals surface area contributed by atoms with Gasteiger partial charge in [-0.3, -0.25) is 53.0 Å². The average molecular weight is 914 g/mol. The normalized spacial score (nSPS) is 16.8. The molecule has 0 saturated carbocycles. The fourth-order valence-corrected chi connectivity index (χ4v) is 7.93. The van der Waals surface area contributed by atoms with Gasteiger partial charge in [-0.1, -0.05) is 125 Å². The number of carbonyl (C=O) groups excluding carboxylic acids is 9. The number of rotatable bonds is 11. The monoisotopic (exact) mass is 914 g/mol. The molecule has 0 saturated heterocycles. The molecule has 0 bridgehead atoms. The third kappa shape index (κ3) is 12.3. The van der Waals surface area contributed by atoms with E-state index in [1.807, 2.05) is 104 Å². The Labute approximate surface area is 392 Å². The van der Waals surface area contributed by atoms with Crippen LogP contribution in [0.1, 0.15) is 167 Å². The lowest BCUT2D eigenvalue weighted by molar-refractivity contribution is -0.141. The molecule has 3 aliphatic rings. The van der Waals surface area contributed by atoms with Gasteiger partial charge in [0, 0.05) is 100 Å². The highest BCUT2D eigenvalue weighted by molar-refractivity contribution is 6.30. The second kappa shape index (κ2) is 19.1. The molecule has 7 amide bonds. The lowest BCUT2D eigenvalue weighted by Crippen LogP contribution is -2.46. The summed E-state index contributed by atoms with van der Waals surface area (Å²) >= 11 is 0. The molecule has 4 rings (SSSR count). The zero-order chi connectivity index (χ0) is 51.2. The average Bonchev–Trinajstić information content (AvgIpc) is 3.67. The van der Waals surface area contributed by atoms with E-state index < -0.39 is 33.0 Å². The van der Waals surface area contributed by atoms with Crippen LogP contribution >= 0.6 is 0 Å². The van der Waals surface area contributed by atoms with Crippen molar-refractivity contribution in [3.8, 4) is 0 Å². The quantitative estimate of drug-likeness (QED) is 0.155. The lowest BCUT2D eigenvalue weighted by Gasteiger charge is -2.28. The van der Waals surface area contributed by atoms with Gasteiger partial charge >= 0.3 is 0 Å². The van der Waals surface area contributed by atoms with Gasteiger partial charge in [-0.05, 0) is 42.2 Å². The molecule has 0 atom stereocenters. The SMILES string of the molecule is CC(C)(C)C(=O)c1cc(N2C(=O)C=C(C(C)(C)C)C2=O)nc(C(C)(C)C)c1.CC1=C(C(C)(C)C)C(=O)N(CCN(CCN2C(=O)C(C)=C(C(C)(C)C)C2=O)C(=O)CCC(=O)C(C)(C)C)C1=O. The van der Waals surface area contributed by atoms with Gasteiger partial charge in [0.1, 0.15) is 11.6 Å². The second-order valence-electron chi connectivity index (χ2n) is 23.8. The molecule has 4 heterocycles. The van der Waals surface area contributed by atoms with Crippen molar-refractivity contribution in [3.05, 3.63) is 57.3 Å². The number of ketones is 2. The van der Waals surface area contributed by atoms with Gasteiger partial charge in [0.25, 0.3) is 35.4 Å². The van der Waals surface area contributed by atoms with Crippen LogP contribution in [0.3, 0.4) is 0 Å². The zero-order valence-corrected chi connectivity index (χ0v) is 43.4. The Balaban J connectivity index is 0.000000374. The van der Waals surface area contributed by atoms with Crippen LogP contribution in [0.25, 0.3) is 0 Å². The van der Waals surface area contributed by atoms with E-state index in [0.717, 1.165) is 14.7 Å². The third-order valence-electron chi connectivity index (χ3n) is 11.7. The van der Waals surface area contributed by atoms with Crippen molar-refractivity contribution in [1.29, 1.82) is 0 Å². The molecule has 0 aromatic carbocycles. The Kier molecular flexibility index (Phi) is 15.9. The van der Waals surface area contributed by atoms with Crippen LogP contribution in [0.4, 0.5) is 5.82 Å². The summed E-state index contributed by atoms with van der Waals surface area (Å²) in [5, 5.41) is 0. The molecular weight excluding hydrogens is 839 g/mol. The molecule has 0 radical (unpaired) electrons. The standard InChI is InChI=1S/C30H45N3O6.C22H30N2O3/c1-18-22(29(6,7)8)26(38)32(24(18)36)16-14-31(21(35)13-12-20(34)28(3,4)5)15-17-33-25(37)19(2)23(27(33)39)30(9,10)11;1-20(2,3)14-12-17(25)24(19(14)27)16-11-13(18(26)22(7,8)9)10-15(23-16)21(4,5)6/h12-17H2,1-11H3;10-12H,1-9H3. The number of carbonyl (C=O) groups is 9. The van der Waals surface area contributed by atoms with Crippen molar-refractivity contribution < 1.29 is 43.2 Å². The highest BCUT2D eigenvalue weighted by atomic mass is 16.2. The van der Waals surface area contributed by atoms with Gasteiger partial charge in [0.2, 0.25) is 5.91 Å². The highest BCUT2D eigenvalue weighted by Crippen LogP contribution is 2.38. The van der Waals surface area contributed by atoms with E-state index in [2.05, 4.69) is 4.98 Å². The molecule has 0 aliphatic carbocycles. The van der Waals surface area contributed by atoms with Crippen LogP contribution in [0.15, 0.2) is 46.1 Å². The minimum Gasteiger partial charge on any atom is -0.339 e. The number of anilines is 1. The molecule has 0 spiro atoms. The second-order valence-corrected chi connectivity index (χ2v) is 23.8. The van der Waals surface area contributed by atoms with E-state index in [-0.39, 0.29) is 97.3 Å². The Hall–Kier alpha value is -5.40. The summed E-state index contributed by atoms with van der Waals surface area (Å²) in [6.45, 7) is 37.0. The molecule has 14 nitrogen and oxygen atoms in total. The minimum atomic E-state index is -0.590. The summed E-state index contributed by atoms with van der Waals surface area (Å²) in [6, 6.07) is 3.32. The lowest BCUT2D eigenvalue weighted by atomic mass is 9.84. The van der Waals surface area contributed by atoms with Crippen molar-refractivity contribution in [3.63, 3.8) is 0 Å². The number of hydrogen-bond acceptors (Lipinski definition) is 10. The fourth-order valence-electron chi connectivity index (χ4n) is 7.93. The first-order valence-electron chi connectivity index (χ1n) is 22.8. The molecule has 362 valence electrons. The number of imide groups is 3. The first-order valence-corrected chi connectivity index (χ1v) is 22.8. The first kappa shape index (κ1) is 54.9. The van der Waals surface area contributed by atoms with Crippen molar-refractivity contribution >= 4 is 58.7 Å². The van der Waals surface area contributed by atoms with Gasteiger partial charge in [-0.2, -0.15) is 0 Å². The number of nitrogens with zero attached hydrogens (tertiary/aromatic N) is 5. The molecule has 0 N–H and O–H groups in total.